The van der Waals surface area contributed by atoms with E-state index in [4.69, 9.17) is 18.9 Å². The van der Waals surface area contributed by atoms with Gasteiger partial charge in [0.25, 0.3) is 0 Å². The fraction of sp³-hybridized carbons (Fsp3) is 0.424. The number of carbonyl (C=O) groups is 2. The van der Waals surface area contributed by atoms with Gasteiger partial charge in [0, 0.05) is 70.3 Å². The third-order valence-electron chi connectivity index (χ3n) is 12.3. The minimum atomic E-state index is -0.428. The zero-order valence-corrected chi connectivity index (χ0v) is 44.6. The average Bonchev–Trinajstić information content (AvgIpc) is 3.42. The van der Waals surface area contributed by atoms with Crippen LogP contribution in [0.3, 0.4) is 0 Å². The van der Waals surface area contributed by atoms with Gasteiger partial charge in [-0.25, -0.2) is 9.59 Å². The number of esters is 2. The molecule has 0 unspecified atom stereocenters. The standard InChI is InChI=1S/C66H76N2O6/c1-5-9-11-13-15-17-19-21-23-25-45-73-63-49-60(40-36-56-38-42-62(66(70)72-8-4)48-58(56)34-32-54-30-28-44-68-52-54)64(74-46-26-24-22-20-18-16-14-12-10-6-2)50-59(63)39-35-55-37-41-61(65(69)71-7-3)47-57(55)33-31-53-29-27-43-67-51-53/h27-30,37-38,41-44,47-52H,5-26,45-46H2,1-4H3. The Balaban J connectivity index is 1.53. The van der Waals surface area contributed by atoms with Gasteiger partial charge in [-0.1, -0.05) is 177 Å². The molecule has 3 aromatic carbocycles. The van der Waals surface area contributed by atoms with Gasteiger partial charge in [-0.05, 0) is 87.4 Å². The van der Waals surface area contributed by atoms with E-state index in [1.807, 2.05) is 36.4 Å². The van der Waals surface area contributed by atoms with E-state index in [0.29, 0.717) is 69.2 Å². The number of benzene rings is 3. The highest BCUT2D eigenvalue weighted by molar-refractivity contribution is 5.91. The second-order valence-electron chi connectivity index (χ2n) is 18.4. The van der Waals surface area contributed by atoms with Gasteiger partial charge in [0.05, 0.1) is 48.7 Å². The molecule has 2 heterocycles. The number of aromatic nitrogens is 2. The molecule has 0 N–H and O–H groups in total. The molecular formula is C66H76N2O6. The van der Waals surface area contributed by atoms with Crippen molar-refractivity contribution in [1.29, 1.82) is 0 Å². The number of ether oxygens (including phenoxy) is 4. The summed E-state index contributed by atoms with van der Waals surface area (Å²) in [6.45, 7) is 9.61. The van der Waals surface area contributed by atoms with E-state index >= 15 is 0 Å². The van der Waals surface area contributed by atoms with Gasteiger partial charge in [0.1, 0.15) is 11.5 Å². The molecule has 0 aliphatic carbocycles. The Morgan fingerprint density at radius 2 is 0.743 bits per heavy atom. The first-order valence-corrected chi connectivity index (χ1v) is 27.4. The molecule has 0 aliphatic heterocycles. The highest BCUT2D eigenvalue weighted by atomic mass is 16.5. The van der Waals surface area contributed by atoms with E-state index in [-0.39, 0.29) is 13.2 Å². The number of hydrogen-bond donors (Lipinski definition) is 0. The van der Waals surface area contributed by atoms with E-state index in [9.17, 15) is 9.59 Å². The molecule has 74 heavy (non-hydrogen) atoms. The van der Waals surface area contributed by atoms with Gasteiger partial charge < -0.3 is 18.9 Å². The van der Waals surface area contributed by atoms with Gasteiger partial charge in [0.2, 0.25) is 0 Å². The largest absolute Gasteiger partial charge is 0.492 e. The maximum Gasteiger partial charge on any atom is 0.338 e. The van der Waals surface area contributed by atoms with Crippen molar-refractivity contribution >= 4 is 11.9 Å². The van der Waals surface area contributed by atoms with Crippen LogP contribution < -0.4 is 9.47 Å². The molecule has 8 nitrogen and oxygen atoms in total. The lowest BCUT2D eigenvalue weighted by atomic mass is 10.0. The Morgan fingerprint density at radius 3 is 1.09 bits per heavy atom. The summed E-state index contributed by atoms with van der Waals surface area (Å²) in [6.07, 6.45) is 31.1. The van der Waals surface area contributed by atoms with Crippen molar-refractivity contribution in [3.63, 3.8) is 0 Å². The summed E-state index contributed by atoms with van der Waals surface area (Å²) in [6, 6.07) is 21.8. The Hall–Kier alpha value is -7.26. The van der Waals surface area contributed by atoms with Crippen molar-refractivity contribution in [1.82, 2.24) is 9.97 Å². The normalized spacial score (nSPS) is 10.3. The Labute approximate surface area is 443 Å². The van der Waals surface area contributed by atoms with Gasteiger partial charge in [-0.15, -0.1) is 0 Å². The van der Waals surface area contributed by atoms with E-state index in [1.165, 1.54) is 89.9 Å². The van der Waals surface area contributed by atoms with Crippen LogP contribution in [0.4, 0.5) is 0 Å². The van der Waals surface area contributed by atoms with Crippen molar-refractivity contribution in [2.24, 2.45) is 0 Å². The van der Waals surface area contributed by atoms with Crippen LogP contribution in [0.25, 0.3) is 0 Å². The van der Waals surface area contributed by atoms with Crippen LogP contribution >= 0.6 is 0 Å². The number of carbonyl (C=O) groups excluding carboxylic acids is 2. The predicted octanol–water partition coefficient (Wildman–Crippen LogP) is 15.0. The number of unbranched alkanes of at least 4 members (excludes halogenated alkanes) is 18. The maximum atomic E-state index is 12.9. The van der Waals surface area contributed by atoms with Crippen molar-refractivity contribution in [3.05, 3.63) is 153 Å². The van der Waals surface area contributed by atoms with Crippen molar-refractivity contribution in [3.8, 4) is 58.9 Å². The molecule has 8 heteroatoms. The predicted molar refractivity (Wildman–Crippen MR) is 298 cm³/mol. The van der Waals surface area contributed by atoms with E-state index in [2.05, 4.69) is 71.2 Å². The molecule has 0 amide bonds. The summed E-state index contributed by atoms with van der Waals surface area (Å²) in [5.41, 5.74) is 5.97. The molecule has 5 aromatic rings. The Morgan fingerprint density at radius 1 is 0.392 bits per heavy atom. The molecule has 0 saturated heterocycles. The van der Waals surface area contributed by atoms with E-state index in [1.54, 1.807) is 75.0 Å². The Kier molecular flexibility index (Phi) is 27.3. The summed E-state index contributed by atoms with van der Waals surface area (Å²) in [7, 11) is 0. The van der Waals surface area contributed by atoms with Crippen molar-refractivity contribution in [2.45, 2.75) is 156 Å². The molecule has 2 aromatic heterocycles. The molecule has 0 bridgehead atoms. The molecule has 0 saturated carbocycles. The first-order chi connectivity index (χ1) is 36.4. The molecular weight excluding hydrogens is 917 g/mol. The molecule has 0 fully saturated rings. The minimum absolute atomic E-state index is 0.256. The highest BCUT2D eigenvalue weighted by Crippen LogP contribution is 2.30. The van der Waals surface area contributed by atoms with E-state index < -0.39 is 11.9 Å². The van der Waals surface area contributed by atoms with Crippen LogP contribution in [0, 0.1) is 47.4 Å². The zero-order valence-electron chi connectivity index (χ0n) is 44.6. The molecule has 386 valence electrons. The van der Waals surface area contributed by atoms with Crippen LogP contribution in [0.5, 0.6) is 11.5 Å². The summed E-state index contributed by atoms with van der Waals surface area (Å²) >= 11 is 0. The van der Waals surface area contributed by atoms with Crippen LogP contribution in [-0.2, 0) is 9.47 Å². The SMILES string of the molecule is CCCCCCCCCCCCOc1cc(C#Cc2ccc(C(=O)OCC)cc2C#Cc2cccnc2)c(OCCCCCCCCCCCC)cc1C#Cc1ccc(C(=O)OCC)cc1C#Cc1cccnc1. The third kappa shape index (κ3) is 21.4. The van der Waals surface area contributed by atoms with Crippen molar-refractivity contribution < 1.29 is 28.5 Å². The number of hydrogen-bond acceptors (Lipinski definition) is 8. The third-order valence-corrected chi connectivity index (χ3v) is 12.3. The number of rotatable bonds is 28. The topological polar surface area (TPSA) is 96.8 Å². The second kappa shape index (κ2) is 35.0. The van der Waals surface area contributed by atoms with Gasteiger partial charge >= 0.3 is 11.9 Å². The summed E-state index contributed by atoms with van der Waals surface area (Å²) in [5, 5.41) is 0. The second-order valence-corrected chi connectivity index (χ2v) is 18.4. The van der Waals surface area contributed by atoms with Crippen molar-refractivity contribution in [2.75, 3.05) is 26.4 Å². The molecule has 0 spiro atoms. The van der Waals surface area contributed by atoms with Gasteiger partial charge in [-0.2, -0.15) is 0 Å². The lowest BCUT2D eigenvalue weighted by molar-refractivity contribution is 0.0516. The zero-order chi connectivity index (χ0) is 52.3. The molecule has 5 rings (SSSR count). The van der Waals surface area contributed by atoms with E-state index in [0.717, 1.165) is 49.7 Å². The lowest BCUT2D eigenvalue weighted by Gasteiger charge is -2.14. The first kappa shape index (κ1) is 57.6. The highest BCUT2D eigenvalue weighted by Gasteiger charge is 2.14. The van der Waals surface area contributed by atoms with Crippen LogP contribution in [-0.4, -0.2) is 48.3 Å². The van der Waals surface area contributed by atoms with Crippen LogP contribution in [0.2, 0.25) is 0 Å². The lowest BCUT2D eigenvalue weighted by Crippen LogP contribution is -2.05. The fourth-order valence-electron chi connectivity index (χ4n) is 8.16. The van der Waals surface area contributed by atoms with Gasteiger partial charge in [0.15, 0.2) is 0 Å². The average molecular weight is 993 g/mol. The summed E-state index contributed by atoms with van der Waals surface area (Å²) < 4.78 is 24.0. The van der Waals surface area contributed by atoms with Gasteiger partial charge in [-0.3, -0.25) is 9.97 Å². The Bertz CT molecular complexity index is 2560. The number of pyridine rings is 2. The van der Waals surface area contributed by atoms with Crippen LogP contribution in [0.1, 0.15) is 221 Å². The fourth-order valence-corrected chi connectivity index (χ4v) is 8.16. The summed E-state index contributed by atoms with van der Waals surface area (Å²) in [4.78, 5) is 34.2. The monoisotopic (exact) mass is 993 g/mol. The first-order valence-electron chi connectivity index (χ1n) is 27.4. The van der Waals surface area contributed by atoms with Crippen LogP contribution in [0.15, 0.2) is 97.6 Å². The minimum Gasteiger partial charge on any atom is -0.492 e. The maximum absolute atomic E-state index is 12.9. The molecule has 0 radical (unpaired) electrons. The number of nitrogens with zero attached hydrogens (tertiary/aromatic N) is 2. The molecule has 0 aliphatic rings. The quantitative estimate of drug-likeness (QED) is 0.0278. The molecule has 0 atom stereocenters. The summed E-state index contributed by atoms with van der Waals surface area (Å²) in [5.74, 6) is 26.7. The smallest absolute Gasteiger partial charge is 0.338 e.